The first-order chi connectivity index (χ1) is 14.5. The molecule has 0 saturated carbocycles. The van der Waals surface area contributed by atoms with Crippen LogP contribution < -0.4 is 14.8 Å². The van der Waals surface area contributed by atoms with Gasteiger partial charge in [0, 0.05) is 11.8 Å². The molecule has 1 heterocycles. The van der Waals surface area contributed by atoms with E-state index < -0.39 is 10.0 Å². The first kappa shape index (κ1) is 22.2. The van der Waals surface area contributed by atoms with Crippen molar-refractivity contribution in [2.45, 2.75) is 19.8 Å². The van der Waals surface area contributed by atoms with Crippen molar-refractivity contribution in [3.05, 3.63) is 48.0 Å². The Morgan fingerprint density at radius 3 is 2.40 bits per heavy atom. The summed E-state index contributed by atoms with van der Waals surface area (Å²) < 4.78 is 32.8. The molecule has 3 aromatic rings. The Balaban J connectivity index is 2.07. The SMILES string of the molecule is CCCS(=O)(=O)Nc1nc2ccccc2nc1Nc1cc(OC)ccc1CCSC. The van der Waals surface area contributed by atoms with Crippen molar-refractivity contribution >= 4 is 50.1 Å². The summed E-state index contributed by atoms with van der Waals surface area (Å²) in [6.07, 6.45) is 3.42. The van der Waals surface area contributed by atoms with Crippen LogP contribution in [0.15, 0.2) is 42.5 Å². The molecule has 9 heteroatoms. The minimum absolute atomic E-state index is 0.0130. The molecule has 0 aliphatic heterocycles. The van der Waals surface area contributed by atoms with Crippen molar-refractivity contribution in [3.8, 4) is 5.75 Å². The van der Waals surface area contributed by atoms with E-state index in [4.69, 9.17) is 4.74 Å². The molecule has 160 valence electrons. The standard InChI is InChI=1S/C21H26N4O3S2/c1-4-13-30(26,27)25-21-20(22-17-7-5-6-8-18(17)23-21)24-19-14-16(28-2)10-9-15(19)11-12-29-3/h5-10,14H,4,11-13H2,1-3H3,(H,22,24)(H,23,25). The summed E-state index contributed by atoms with van der Waals surface area (Å²) in [7, 11) is -1.91. The molecular formula is C21H26N4O3S2. The lowest BCUT2D eigenvalue weighted by Crippen LogP contribution is -2.18. The number of aryl methyl sites for hydroxylation is 1. The normalized spacial score (nSPS) is 11.4. The van der Waals surface area contributed by atoms with Crippen LogP contribution in [0.3, 0.4) is 0 Å². The summed E-state index contributed by atoms with van der Waals surface area (Å²) in [5.74, 6) is 2.21. The molecular weight excluding hydrogens is 420 g/mol. The van der Waals surface area contributed by atoms with Crippen molar-refractivity contribution in [2.75, 3.05) is 34.9 Å². The fraction of sp³-hybridized carbons (Fsp3) is 0.333. The number of anilines is 3. The Hall–Kier alpha value is -2.52. The maximum atomic E-state index is 12.4. The summed E-state index contributed by atoms with van der Waals surface area (Å²) in [5, 5.41) is 3.29. The van der Waals surface area contributed by atoms with Gasteiger partial charge in [0.2, 0.25) is 10.0 Å². The molecule has 0 aliphatic carbocycles. The molecule has 1 aromatic heterocycles. The van der Waals surface area contributed by atoms with E-state index >= 15 is 0 Å². The van der Waals surface area contributed by atoms with E-state index in [1.807, 2.05) is 43.3 Å². The number of hydrogen-bond donors (Lipinski definition) is 2. The molecule has 2 N–H and O–H groups in total. The van der Waals surface area contributed by atoms with Crippen LogP contribution in [-0.4, -0.2) is 43.3 Å². The number of benzene rings is 2. The van der Waals surface area contributed by atoms with E-state index in [9.17, 15) is 8.42 Å². The van der Waals surface area contributed by atoms with Crippen LogP contribution in [0.1, 0.15) is 18.9 Å². The lowest BCUT2D eigenvalue weighted by Gasteiger charge is -2.16. The second-order valence-corrected chi connectivity index (χ2v) is 9.55. The molecule has 2 aromatic carbocycles. The summed E-state index contributed by atoms with van der Waals surface area (Å²) in [6, 6.07) is 13.2. The maximum absolute atomic E-state index is 12.4. The van der Waals surface area contributed by atoms with Gasteiger partial charge in [-0.3, -0.25) is 4.72 Å². The van der Waals surface area contributed by atoms with Crippen molar-refractivity contribution in [1.29, 1.82) is 0 Å². The van der Waals surface area contributed by atoms with Gasteiger partial charge in [-0.1, -0.05) is 25.1 Å². The minimum atomic E-state index is -3.53. The molecule has 0 spiro atoms. The Kier molecular flexibility index (Phi) is 7.38. The number of hydrogen-bond acceptors (Lipinski definition) is 7. The number of para-hydroxylation sites is 2. The van der Waals surface area contributed by atoms with Gasteiger partial charge in [-0.15, -0.1) is 0 Å². The maximum Gasteiger partial charge on any atom is 0.233 e. The quantitative estimate of drug-likeness (QED) is 0.475. The van der Waals surface area contributed by atoms with E-state index in [0.29, 0.717) is 29.0 Å². The summed E-state index contributed by atoms with van der Waals surface area (Å²) in [6.45, 7) is 1.82. The minimum Gasteiger partial charge on any atom is -0.497 e. The summed E-state index contributed by atoms with van der Waals surface area (Å²) >= 11 is 1.76. The molecule has 0 aliphatic rings. The molecule has 3 rings (SSSR count). The second kappa shape index (κ2) is 9.99. The van der Waals surface area contributed by atoms with Crippen molar-refractivity contribution in [2.24, 2.45) is 0 Å². The van der Waals surface area contributed by atoms with Gasteiger partial charge >= 0.3 is 0 Å². The lowest BCUT2D eigenvalue weighted by atomic mass is 10.1. The molecule has 0 fully saturated rings. The predicted octanol–water partition coefficient (Wildman–Crippen LogP) is 4.44. The van der Waals surface area contributed by atoms with Gasteiger partial charge in [0.05, 0.1) is 23.9 Å². The van der Waals surface area contributed by atoms with Gasteiger partial charge < -0.3 is 10.1 Å². The Morgan fingerprint density at radius 2 is 1.77 bits per heavy atom. The number of aromatic nitrogens is 2. The van der Waals surface area contributed by atoms with Gasteiger partial charge in [-0.2, -0.15) is 11.8 Å². The summed E-state index contributed by atoms with van der Waals surface area (Å²) in [4.78, 5) is 9.17. The topological polar surface area (TPSA) is 93.2 Å². The number of sulfonamides is 1. The van der Waals surface area contributed by atoms with Crippen LogP contribution in [0.5, 0.6) is 5.75 Å². The van der Waals surface area contributed by atoms with Crippen molar-refractivity contribution < 1.29 is 13.2 Å². The van der Waals surface area contributed by atoms with E-state index in [2.05, 4.69) is 26.3 Å². The number of nitrogens with one attached hydrogen (secondary N) is 2. The van der Waals surface area contributed by atoms with Crippen LogP contribution in [-0.2, 0) is 16.4 Å². The zero-order chi connectivity index (χ0) is 21.6. The van der Waals surface area contributed by atoms with Gasteiger partial charge in [-0.25, -0.2) is 18.4 Å². The number of nitrogens with zero attached hydrogens (tertiary/aromatic N) is 2. The zero-order valence-corrected chi connectivity index (χ0v) is 18.9. The Labute approximate surface area is 181 Å². The molecule has 30 heavy (non-hydrogen) atoms. The predicted molar refractivity (Wildman–Crippen MR) is 126 cm³/mol. The molecule has 0 saturated heterocycles. The van der Waals surface area contributed by atoms with Crippen LogP contribution in [0.2, 0.25) is 0 Å². The first-order valence-electron chi connectivity index (χ1n) is 9.66. The van der Waals surface area contributed by atoms with Crippen LogP contribution in [0.25, 0.3) is 11.0 Å². The van der Waals surface area contributed by atoms with Gasteiger partial charge in [0.25, 0.3) is 0 Å². The van der Waals surface area contributed by atoms with Crippen LogP contribution in [0, 0.1) is 0 Å². The highest BCUT2D eigenvalue weighted by atomic mass is 32.2. The smallest absolute Gasteiger partial charge is 0.233 e. The number of ether oxygens (including phenoxy) is 1. The molecule has 0 bridgehead atoms. The fourth-order valence-corrected chi connectivity index (χ4v) is 4.48. The van der Waals surface area contributed by atoms with E-state index in [-0.39, 0.29) is 11.6 Å². The third kappa shape index (κ3) is 5.54. The van der Waals surface area contributed by atoms with Crippen LogP contribution >= 0.6 is 11.8 Å². The number of thioether (sulfide) groups is 1. The fourth-order valence-electron chi connectivity index (χ4n) is 2.98. The van der Waals surface area contributed by atoms with Gasteiger partial charge in [-0.05, 0) is 48.6 Å². The van der Waals surface area contributed by atoms with E-state index in [0.717, 1.165) is 23.4 Å². The second-order valence-electron chi connectivity index (χ2n) is 6.72. The largest absolute Gasteiger partial charge is 0.497 e. The van der Waals surface area contributed by atoms with E-state index in [1.54, 1.807) is 24.9 Å². The van der Waals surface area contributed by atoms with E-state index in [1.165, 1.54) is 0 Å². The number of fused-ring (bicyclic) bond motifs is 1. The third-order valence-corrected chi connectivity index (χ3v) is 6.50. The monoisotopic (exact) mass is 446 g/mol. The van der Waals surface area contributed by atoms with Crippen LogP contribution in [0.4, 0.5) is 17.3 Å². The molecule has 0 unspecified atom stereocenters. The highest BCUT2D eigenvalue weighted by Crippen LogP contribution is 2.30. The van der Waals surface area contributed by atoms with Gasteiger partial charge in [0.1, 0.15) is 5.75 Å². The number of rotatable bonds is 10. The zero-order valence-electron chi connectivity index (χ0n) is 17.3. The summed E-state index contributed by atoms with van der Waals surface area (Å²) in [5.41, 5.74) is 3.18. The average Bonchev–Trinajstić information content (AvgIpc) is 2.72. The third-order valence-electron chi connectivity index (χ3n) is 4.44. The van der Waals surface area contributed by atoms with Crippen molar-refractivity contribution in [1.82, 2.24) is 9.97 Å². The van der Waals surface area contributed by atoms with Crippen molar-refractivity contribution in [3.63, 3.8) is 0 Å². The molecule has 0 atom stereocenters. The lowest BCUT2D eigenvalue weighted by molar-refractivity contribution is 0.415. The Bertz CT molecular complexity index is 1120. The first-order valence-corrected chi connectivity index (χ1v) is 12.7. The van der Waals surface area contributed by atoms with Gasteiger partial charge in [0.15, 0.2) is 11.6 Å². The molecule has 7 nitrogen and oxygen atoms in total. The highest BCUT2D eigenvalue weighted by molar-refractivity contribution is 7.98. The highest BCUT2D eigenvalue weighted by Gasteiger charge is 2.17. The molecule has 0 radical (unpaired) electrons. The average molecular weight is 447 g/mol. The Morgan fingerprint density at radius 1 is 1.07 bits per heavy atom. The molecule has 0 amide bonds. The number of methoxy groups -OCH3 is 1.